The maximum absolute atomic E-state index is 15.1. The number of sulfone groups is 1. The predicted molar refractivity (Wildman–Crippen MR) is 130 cm³/mol. The van der Waals surface area contributed by atoms with Crippen LogP contribution in [0.4, 0.5) is 29.1 Å². The number of benzene rings is 1. The van der Waals surface area contributed by atoms with Gasteiger partial charge in [-0.05, 0) is 45.0 Å². The van der Waals surface area contributed by atoms with Crippen LogP contribution in [0.1, 0.15) is 26.3 Å². The van der Waals surface area contributed by atoms with Crippen molar-refractivity contribution in [1.29, 1.82) is 0 Å². The maximum Gasteiger partial charge on any atom is 0.418 e. The van der Waals surface area contributed by atoms with E-state index in [4.69, 9.17) is 5.73 Å². The van der Waals surface area contributed by atoms with E-state index < -0.39 is 67.9 Å². The van der Waals surface area contributed by atoms with Crippen LogP contribution in [-0.2, 0) is 25.6 Å². The van der Waals surface area contributed by atoms with Crippen LogP contribution >= 0.6 is 0 Å². The number of hydrogen-bond acceptors (Lipinski definition) is 7. The number of hydrogen-bond donors (Lipinski definition) is 1. The topological polar surface area (TPSA) is 131 Å². The molecule has 2 aromatic heterocycles. The Kier molecular flexibility index (Phi) is 6.41. The number of halogens is 4. The van der Waals surface area contributed by atoms with Crippen LogP contribution in [0.25, 0.3) is 16.8 Å². The molecule has 1 saturated heterocycles. The number of piperazine rings is 1. The zero-order chi connectivity index (χ0) is 28.4. The molecule has 1 aromatic carbocycles. The fourth-order valence-electron chi connectivity index (χ4n) is 4.59. The second-order valence-electron chi connectivity index (χ2n) is 9.67. The minimum absolute atomic E-state index is 0.0657. The molecule has 1 fully saturated rings. The average molecular weight is 557 g/mol. The van der Waals surface area contributed by atoms with Gasteiger partial charge < -0.3 is 15.5 Å². The third-order valence-electron chi connectivity index (χ3n) is 6.38. The molecule has 0 saturated carbocycles. The van der Waals surface area contributed by atoms with Crippen molar-refractivity contribution >= 4 is 38.7 Å². The molecule has 204 valence electrons. The lowest BCUT2D eigenvalue weighted by atomic mass is 9.93. The van der Waals surface area contributed by atoms with Gasteiger partial charge in [-0.1, -0.05) is 0 Å². The van der Waals surface area contributed by atoms with E-state index in [1.165, 1.54) is 26.0 Å². The van der Waals surface area contributed by atoms with Crippen molar-refractivity contribution in [2.45, 2.75) is 38.5 Å². The van der Waals surface area contributed by atoms with Gasteiger partial charge in [0.2, 0.25) is 5.91 Å². The molecule has 3 aromatic rings. The number of nitrogen functional groups attached to an aromatic ring is 1. The lowest BCUT2D eigenvalue weighted by Crippen LogP contribution is -2.68. The average Bonchev–Trinajstić information content (AvgIpc) is 3.18. The molecule has 0 spiro atoms. The van der Waals surface area contributed by atoms with Gasteiger partial charge in [0.1, 0.15) is 29.0 Å². The number of anilines is 2. The van der Waals surface area contributed by atoms with Gasteiger partial charge >= 0.3 is 6.18 Å². The molecule has 2 N–H and O–H groups in total. The summed E-state index contributed by atoms with van der Waals surface area (Å²) < 4.78 is 80.6. The summed E-state index contributed by atoms with van der Waals surface area (Å²) in [7, 11) is -3.67. The van der Waals surface area contributed by atoms with Crippen molar-refractivity contribution in [3.8, 4) is 11.3 Å². The number of alkyl halides is 3. The SMILES string of the molecule is C[C@H]1CN(C(=O)CS(C)(=O)=O)C(C)(C)C(=O)N1c1cc(-c2cc(C(F)(F)F)c3c(N)ncnn23)ccc1F. The Morgan fingerprint density at radius 1 is 1.24 bits per heavy atom. The van der Waals surface area contributed by atoms with Gasteiger partial charge in [-0.25, -0.2) is 22.3 Å². The molecule has 0 unspecified atom stereocenters. The molecule has 0 radical (unpaired) electrons. The molecular formula is C23H24F4N6O4S. The molecule has 0 bridgehead atoms. The van der Waals surface area contributed by atoms with Gasteiger partial charge in [0, 0.05) is 18.4 Å². The Labute approximate surface area is 214 Å². The first-order valence-electron chi connectivity index (χ1n) is 11.2. The number of carbonyl (C=O) groups excluding carboxylic acids is 2. The van der Waals surface area contributed by atoms with E-state index in [1.54, 1.807) is 6.92 Å². The Hall–Kier alpha value is -3.75. The summed E-state index contributed by atoms with van der Waals surface area (Å²) in [5, 5.41) is 3.89. The van der Waals surface area contributed by atoms with Crippen LogP contribution in [0.5, 0.6) is 0 Å². The highest BCUT2D eigenvalue weighted by molar-refractivity contribution is 7.91. The first-order chi connectivity index (χ1) is 17.4. The van der Waals surface area contributed by atoms with E-state index >= 15 is 4.39 Å². The van der Waals surface area contributed by atoms with Gasteiger partial charge in [-0.3, -0.25) is 9.59 Å². The Balaban J connectivity index is 1.81. The molecule has 0 aliphatic carbocycles. The zero-order valence-corrected chi connectivity index (χ0v) is 21.6. The number of aromatic nitrogens is 3. The van der Waals surface area contributed by atoms with Gasteiger partial charge in [0.15, 0.2) is 15.7 Å². The van der Waals surface area contributed by atoms with E-state index in [9.17, 15) is 31.2 Å². The standard InChI is InChI=1S/C23H24F4N6O4S/c1-12-9-31(18(34)10-38(4,36)37)22(2,3)21(35)32(12)17-7-13(5-6-15(17)24)16-8-14(23(25,26)27)19-20(28)29-11-30-33(16)19/h5-8,11-12H,9-10H2,1-4H3,(H2,28,29,30)/t12-/m0/s1. The summed E-state index contributed by atoms with van der Waals surface area (Å²) >= 11 is 0. The Morgan fingerprint density at radius 2 is 1.89 bits per heavy atom. The summed E-state index contributed by atoms with van der Waals surface area (Å²) in [6, 6.07) is 3.49. The molecular weight excluding hydrogens is 532 g/mol. The fraction of sp³-hybridized carbons (Fsp3) is 0.391. The molecule has 2 amide bonds. The monoisotopic (exact) mass is 556 g/mol. The first-order valence-corrected chi connectivity index (χ1v) is 13.3. The van der Waals surface area contributed by atoms with Gasteiger partial charge in [0.25, 0.3) is 5.91 Å². The molecule has 3 heterocycles. The van der Waals surface area contributed by atoms with Crippen LogP contribution in [0.2, 0.25) is 0 Å². The van der Waals surface area contributed by atoms with Gasteiger partial charge in [-0.2, -0.15) is 18.3 Å². The molecule has 38 heavy (non-hydrogen) atoms. The molecule has 1 aliphatic heterocycles. The second-order valence-corrected chi connectivity index (χ2v) is 11.8. The Bertz CT molecular complexity index is 1570. The van der Waals surface area contributed by atoms with Crippen molar-refractivity contribution < 1.29 is 35.6 Å². The largest absolute Gasteiger partial charge is 0.418 e. The highest BCUT2D eigenvalue weighted by atomic mass is 32.2. The quantitative estimate of drug-likeness (QED) is 0.489. The molecule has 1 aliphatic rings. The van der Waals surface area contributed by atoms with Crippen LogP contribution in [0, 0.1) is 5.82 Å². The highest BCUT2D eigenvalue weighted by Crippen LogP contribution is 2.40. The number of amides is 2. The van der Waals surface area contributed by atoms with E-state index in [0.29, 0.717) is 0 Å². The van der Waals surface area contributed by atoms with Crippen molar-refractivity contribution in [3.05, 3.63) is 42.0 Å². The van der Waals surface area contributed by atoms with E-state index in [-0.39, 0.29) is 23.5 Å². The van der Waals surface area contributed by atoms with Gasteiger partial charge in [-0.15, -0.1) is 0 Å². The lowest BCUT2D eigenvalue weighted by Gasteiger charge is -2.49. The minimum atomic E-state index is -4.78. The van der Waals surface area contributed by atoms with Crippen LogP contribution < -0.4 is 10.6 Å². The number of fused-ring (bicyclic) bond motifs is 1. The first kappa shape index (κ1) is 27.3. The van der Waals surface area contributed by atoms with Crippen molar-refractivity contribution in [2.24, 2.45) is 0 Å². The summed E-state index contributed by atoms with van der Waals surface area (Å²) in [5.41, 5.74) is 2.43. The van der Waals surface area contributed by atoms with Crippen molar-refractivity contribution in [2.75, 3.05) is 29.2 Å². The third kappa shape index (κ3) is 4.66. The highest BCUT2D eigenvalue weighted by Gasteiger charge is 2.48. The lowest BCUT2D eigenvalue weighted by molar-refractivity contribution is -0.146. The summed E-state index contributed by atoms with van der Waals surface area (Å²) in [5.74, 6) is -3.50. The number of carbonyl (C=O) groups is 2. The maximum atomic E-state index is 15.1. The van der Waals surface area contributed by atoms with E-state index in [0.717, 1.165) is 39.0 Å². The number of rotatable bonds is 4. The third-order valence-corrected chi connectivity index (χ3v) is 7.15. The normalized spacial score (nSPS) is 18.3. The van der Waals surface area contributed by atoms with E-state index in [1.807, 2.05) is 0 Å². The molecule has 10 nitrogen and oxygen atoms in total. The molecule has 4 rings (SSSR count). The predicted octanol–water partition coefficient (Wildman–Crippen LogP) is 2.52. The second kappa shape index (κ2) is 8.92. The fourth-order valence-corrected chi connectivity index (χ4v) is 5.20. The van der Waals surface area contributed by atoms with Crippen LogP contribution in [0.3, 0.4) is 0 Å². The van der Waals surface area contributed by atoms with Crippen molar-refractivity contribution in [1.82, 2.24) is 19.5 Å². The minimum Gasteiger partial charge on any atom is -0.382 e. The molecule has 1 atom stereocenters. The molecule has 15 heteroatoms. The van der Waals surface area contributed by atoms with Gasteiger partial charge in [0.05, 0.1) is 23.0 Å². The summed E-state index contributed by atoms with van der Waals surface area (Å²) in [6.07, 6.45) is -2.90. The summed E-state index contributed by atoms with van der Waals surface area (Å²) in [4.78, 5) is 32.1. The number of nitrogens with zero attached hydrogens (tertiary/aromatic N) is 5. The smallest absolute Gasteiger partial charge is 0.382 e. The zero-order valence-electron chi connectivity index (χ0n) is 20.7. The van der Waals surface area contributed by atoms with Crippen molar-refractivity contribution in [3.63, 3.8) is 0 Å². The Morgan fingerprint density at radius 3 is 2.50 bits per heavy atom. The van der Waals surface area contributed by atoms with Crippen LogP contribution in [0.15, 0.2) is 30.6 Å². The number of nitrogens with two attached hydrogens (primary N) is 1. The summed E-state index contributed by atoms with van der Waals surface area (Å²) in [6.45, 7) is 4.26. The van der Waals surface area contributed by atoms with Crippen LogP contribution in [-0.4, -0.2) is 69.9 Å². The van der Waals surface area contributed by atoms with E-state index in [2.05, 4.69) is 10.1 Å².